The van der Waals surface area contributed by atoms with Gasteiger partial charge >= 0.3 is 0 Å². The van der Waals surface area contributed by atoms with E-state index < -0.39 is 5.41 Å². The molecule has 90 valence electrons. The van der Waals surface area contributed by atoms with Gasteiger partial charge in [-0.2, -0.15) is 0 Å². The number of hydrogen-bond acceptors (Lipinski definition) is 4. The number of aliphatic hydroxyl groups is 2. The van der Waals surface area contributed by atoms with E-state index in [1.165, 1.54) is 0 Å². The van der Waals surface area contributed by atoms with Gasteiger partial charge in [0.2, 0.25) is 0 Å². The summed E-state index contributed by atoms with van der Waals surface area (Å²) < 4.78 is 0. The van der Waals surface area contributed by atoms with Crippen LogP contribution in [0.25, 0.3) is 0 Å². The molecule has 0 bridgehead atoms. The van der Waals surface area contributed by atoms with E-state index in [0.717, 1.165) is 5.56 Å². The first-order valence-electron chi connectivity index (χ1n) is 5.33. The van der Waals surface area contributed by atoms with Gasteiger partial charge in [-0.05, 0) is 25.7 Å². The third-order valence-corrected chi connectivity index (χ3v) is 2.90. The van der Waals surface area contributed by atoms with Crippen LogP contribution in [0.3, 0.4) is 0 Å². The van der Waals surface area contributed by atoms with Gasteiger partial charge in [-0.25, -0.2) is 0 Å². The Hall–Kier alpha value is -0.970. The van der Waals surface area contributed by atoms with Crippen molar-refractivity contribution in [2.75, 3.05) is 27.3 Å². The topological polar surface area (TPSA) is 56.6 Å². The van der Waals surface area contributed by atoms with Gasteiger partial charge in [-0.15, -0.1) is 0 Å². The molecule has 0 aliphatic carbocycles. The summed E-state index contributed by atoms with van der Waals surface area (Å²) in [5.41, 5.74) is 0.421. The zero-order chi connectivity index (χ0) is 12.2. The Kier molecular flexibility index (Phi) is 4.41. The van der Waals surface area contributed by atoms with Gasteiger partial charge in [0.1, 0.15) is 0 Å². The fourth-order valence-corrected chi connectivity index (χ4v) is 2.08. The minimum Gasteiger partial charge on any atom is -0.396 e. The SMILES string of the molecule is CN(C)C(c1cccnc1)C(C)(CO)CO. The third kappa shape index (κ3) is 2.58. The van der Waals surface area contributed by atoms with Crippen molar-refractivity contribution in [3.8, 4) is 0 Å². The molecule has 1 atom stereocenters. The Morgan fingerprint density at radius 1 is 1.38 bits per heavy atom. The van der Waals surface area contributed by atoms with Crippen LogP contribution in [0, 0.1) is 5.41 Å². The van der Waals surface area contributed by atoms with E-state index in [4.69, 9.17) is 0 Å². The number of aromatic nitrogens is 1. The molecule has 16 heavy (non-hydrogen) atoms. The lowest BCUT2D eigenvalue weighted by Crippen LogP contribution is -2.41. The normalized spacial score (nSPS) is 14.1. The summed E-state index contributed by atoms with van der Waals surface area (Å²) >= 11 is 0. The molecule has 1 unspecified atom stereocenters. The Bertz CT molecular complexity index is 310. The average Bonchev–Trinajstić information content (AvgIpc) is 2.30. The lowest BCUT2D eigenvalue weighted by Gasteiger charge is -2.39. The van der Waals surface area contributed by atoms with Gasteiger partial charge in [-0.1, -0.05) is 13.0 Å². The smallest absolute Gasteiger partial charge is 0.0525 e. The molecule has 2 N–H and O–H groups in total. The number of aliphatic hydroxyl groups excluding tert-OH is 2. The number of nitrogens with zero attached hydrogens (tertiary/aromatic N) is 2. The first-order chi connectivity index (χ1) is 7.55. The molecule has 1 rings (SSSR count). The molecule has 4 heteroatoms. The highest BCUT2D eigenvalue weighted by Crippen LogP contribution is 2.36. The summed E-state index contributed by atoms with van der Waals surface area (Å²) in [5, 5.41) is 18.9. The molecule has 0 aromatic carbocycles. The van der Waals surface area contributed by atoms with Crippen LogP contribution in [0.4, 0.5) is 0 Å². The van der Waals surface area contributed by atoms with E-state index in [0.29, 0.717) is 0 Å². The van der Waals surface area contributed by atoms with Crippen molar-refractivity contribution in [1.82, 2.24) is 9.88 Å². The second-order valence-corrected chi connectivity index (χ2v) is 4.62. The van der Waals surface area contributed by atoms with Crippen molar-refractivity contribution in [3.05, 3.63) is 30.1 Å². The molecular formula is C12H20N2O2. The van der Waals surface area contributed by atoms with E-state index in [-0.39, 0.29) is 19.3 Å². The predicted molar refractivity (Wildman–Crippen MR) is 62.9 cm³/mol. The highest BCUT2D eigenvalue weighted by atomic mass is 16.3. The molecule has 0 spiro atoms. The van der Waals surface area contributed by atoms with Gasteiger partial charge < -0.3 is 15.1 Å². The fraction of sp³-hybridized carbons (Fsp3) is 0.583. The Balaban J connectivity index is 3.09. The van der Waals surface area contributed by atoms with Gasteiger partial charge in [-0.3, -0.25) is 4.98 Å². The third-order valence-electron chi connectivity index (χ3n) is 2.90. The molecule has 0 radical (unpaired) electrons. The maximum Gasteiger partial charge on any atom is 0.0525 e. The van der Waals surface area contributed by atoms with Crippen molar-refractivity contribution >= 4 is 0 Å². The van der Waals surface area contributed by atoms with Crippen molar-refractivity contribution in [1.29, 1.82) is 0 Å². The molecule has 1 aromatic rings. The van der Waals surface area contributed by atoms with Crippen molar-refractivity contribution < 1.29 is 10.2 Å². The average molecular weight is 224 g/mol. The van der Waals surface area contributed by atoms with Gasteiger partial charge in [0.15, 0.2) is 0 Å². The summed E-state index contributed by atoms with van der Waals surface area (Å²) in [5.74, 6) is 0. The lowest BCUT2D eigenvalue weighted by atomic mass is 9.80. The summed E-state index contributed by atoms with van der Waals surface area (Å²) in [4.78, 5) is 6.07. The quantitative estimate of drug-likeness (QED) is 0.772. The maximum atomic E-state index is 9.46. The molecule has 1 aromatic heterocycles. The van der Waals surface area contributed by atoms with Gasteiger partial charge in [0.25, 0.3) is 0 Å². The first-order valence-corrected chi connectivity index (χ1v) is 5.33. The Morgan fingerprint density at radius 2 is 2.00 bits per heavy atom. The predicted octanol–water partition coefficient (Wildman–Crippen LogP) is 0.675. The maximum absolute atomic E-state index is 9.46. The van der Waals surface area contributed by atoms with Crippen LogP contribution in [0.2, 0.25) is 0 Å². The lowest BCUT2D eigenvalue weighted by molar-refractivity contribution is 0.000505. The molecule has 1 heterocycles. The molecule has 4 nitrogen and oxygen atoms in total. The van der Waals surface area contributed by atoms with Crippen molar-refractivity contribution in [3.63, 3.8) is 0 Å². The van der Waals surface area contributed by atoms with Gasteiger partial charge in [0.05, 0.1) is 13.2 Å². The summed E-state index contributed by atoms with van der Waals surface area (Å²) in [6, 6.07) is 3.76. The van der Waals surface area contributed by atoms with Crippen LogP contribution in [-0.2, 0) is 0 Å². The number of hydrogen-bond donors (Lipinski definition) is 2. The van der Waals surface area contributed by atoms with E-state index >= 15 is 0 Å². The molecule has 0 aliphatic heterocycles. The molecule has 0 amide bonds. The zero-order valence-corrected chi connectivity index (χ0v) is 10.1. The van der Waals surface area contributed by atoms with Crippen LogP contribution >= 0.6 is 0 Å². The Labute approximate surface area is 96.6 Å². The van der Waals surface area contributed by atoms with E-state index in [9.17, 15) is 10.2 Å². The Morgan fingerprint density at radius 3 is 2.38 bits per heavy atom. The summed E-state index contributed by atoms with van der Waals surface area (Å²) in [6.07, 6.45) is 3.49. The highest BCUT2D eigenvalue weighted by Gasteiger charge is 2.36. The second kappa shape index (κ2) is 5.39. The fourth-order valence-electron chi connectivity index (χ4n) is 2.08. The van der Waals surface area contributed by atoms with Crippen LogP contribution < -0.4 is 0 Å². The molecule has 0 saturated heterocycles. The van der Waals surface area contributed by atoms with Gasteiger partial charge in [0, 0.05) is 23.9 Å². The second-order valence-electron chi connectivity index (χ2n) is 4.62. The van der Waals surface area contributed by atoms with Crippen LogP contribution in [0.15, 0.2) is 24.5 Å². The zero-order valence-electron chi connectivity index (χ0n) is 10.1. The van der Waals surface area contributed by atoms with E-state index in [1.807, 2.05) is 38.1 Å². The molecule has 0 saturated carbocycles. The summed E-state index contributed by atoms with van der Waals surface area (Å²) in [7, 11) is 3.86. The minimum atomic E-state index is -0.577. The molecule has 0 aliphatic rings. The van der Waals surface area contributed by atoms with E-state index in [1.54, 1.807) is 12.4 Å². The van der Waals surface area contributed by atoms with Crippen LogP contribution in [-0.4, -0.2) is 47.4 Å². The molecule has 0 fully saturated rings. The number of rotatable bonds is 5. The highest BCUT2D eigenvalue weighted by molar-refractivity contribution is 5.17. The standard InChI is InChI=1S/C12H20N2O2/c1-12(8-15,9-16)11(14(2)3)10-5-4-6-13-7-10/h4-7,11,15-16H,8-9H2,1-3H3. The van der Waals surface area contributed by atoms with Crippen molar-refractivity contribution in [2.24, 2.45) is 5.41 Å². The monoisotopic (exact) mass is 224 g/mol. The summed E-state index contributed by atoms with van der Waals surface area (Å²) in [6.45, 7) is 1.73. The largest absolute Gasteiger partial charge is 0.396 e. The minimum absolute atomic E-state index is 0.0591. The van der Waals surface area contributed by atoms with E-state index in [2.05, 4.69) is 4.98 Å². The van der Waals surface area contributed by atoms with Crippen molar-refractivity contribution in [2.45, 2.75) is 13.0 Å². The molecular weight excluding hydrogens is 204 g/mol. The van der Waals surface area contributed by atoms with Crippen LogP contribution in [0.1, 0.15) is 18.5 Å². The van der Waals surface area contributed by atoms with Crippen LogP contribution in [0.5, 0.6) is 0 Å². The first kappa shape index (κ1) is 13.1. The number of pyridine rings is 1.